The average Bonchev–Trinajstić information content (AvgIpc) is 1.65. The zero-order valence-electron chi connectivity index (χ0n) is 5.31. The Morgan fingerprint density at radius 2 is 1.89 bits per heavy atom. The van der Waals surface area contributed by atoms with Crippen LogP contribution in [0, 0.1) is 0 Å². The van der Waals surface area contributed by atoms with E-state index in [1.807, 2.05) is 0 Å². The van der Waals surface area contributed by atoms with E-state index in [2.05, 4.69) is 4.74 Å². The summed E-state index contributed by atoms with van der Waals surface area (Å²) < 4.78 is 4.12. The maximum absolute atomic E-state index is 10.2. The summed E-state index contributed by atoms with van der Waals surface area (Å²) in [5.41, 5.74) is 0. The molecule has 0 atom stereocenters. The molecule has 0 aromatic heterocycles. The minimum absolute atomic E-state index is 0. The number of esters is 2. The third-order valence-electron chi connectivity index (χ3n) is 0.546. The standard InChI is InChI=1S/C5H8O3.Mn/c1-3-5(7)8-4(2)6;/h3H2,1-2H3;. The van der Waals surface area contributed by atoms with Crippen molar-refractivity contribution in [2.75, 3.05) is 0 Å². The zero-order valence-corrected chi connectivity index (χ0v) is 6.49. The molecule has 0 spiro atoms. The molecule has 9 heavy (non-hydrogen) atoms. The molecular formula is C5H8MnO3. The van der Waals surface area contributed by atoms with Crippen molar-refractivity contribution in [3.05, 3.63) is 0 Å². The minimum atomic E-state index is -0.545. The summed E-state index contributed by atoms with van der Waals surface area (Å²) in [5, 5.41) is 0. The van der Waals surface area contributed by atoms with Crippen molar-refractivity contribution in [2.24, 2.45) is 0 Å². The van der Waals surface area contributed by atoms with Gasteiger partial charge in [0, 0.05) is 30.4 Å². The van der Waals surface area contributed by atoms with Crippen LogP contribution in [0.15, 0.2) is 0 Å². The molecule has 0 aliphatic heterocycles. The van der Waals surface area contributed by atoms with Gasteiger partial charge in [-0.15, -0.1) is 0 Å². The van der Waals surface area contributed by atoms with E-state index in [0.717, 1.165) is 0 Å². The minimum Gasteiger partial charge on any atom is -0.393 e. The van der Waals surface area contributed by atoms with Gasteiger partial charge >= 0.3 is 11.9 Å². The Balaban J connectivity index is 0. The van der Waals surface area contributed by atoms with Gasteiger partial charge in [0.1, 0.15) is 0 Å². The third-order valence-corrected chi connectivity index (χ3v) is 0.546. The van der Waals surface area contributed by atoms with E-state index < -0.39 is 11.9 Å². The van der Waals surface area contributed by atoms with Gasteiger partial charge in [0.2, 0.25) is 0 Å². The summed E-state index contributed by atoms with van der Waals surface area (Å²) in [6.07, 6.45) is 0.250. The number of hydrogen-bond acceptors (Lipinski definition) is 3. The molecule has 0 aliphatic carbocycles. The summed E-state index contributed by atoms with van der Waals surface area (Å²) in [6.45, 7) is 2.83. The number of hydrogen-bond donors (Lipinski definition) is 0. The zero-order chi connectivity index (χ0) is 6.57. The van der Waals surface area contributed by atoms with Gasteiger partial charge in [-0.1, -0.05) is 6.92 Å². The maximum atomic E-state index is 10.2. The summed E-state index contributed by atoms with van der Waals surface area (Å²) in [5.74, 6) is -1.02. The van der Waals surface area contributed by atoms with E-state index in [-0.39, 0.29) is 23.5 Å². The summed E-state index contributed by atoms with van der Waals surface area (Å²) in [7, 11) is 0. The van der Waals surface area contributed by atoms with Crippen molar-refractivity contribution < 1.29 is 31.4 Å². The second-order valence-corrected chi connectivity index (χ2v) is 1.32. The monoisotopic (exact) mass is 171 g/mol. The molecule has 0 fully saturated rings. The van der Waals surface area contributed by atoms with Gasteiger partial charge in [-0.05, 0) is 0 Å². The van der Waals surface area contributed by atoms with Crippen LogP contribution in [0.3, 0.4) is 0 Å². The van der Waals surface area contributed by atoms with Gasteiger partial charge in [-0.2, -0.15) is 0 Å². The fourth-order valence-electron chi connectivity index (χ4n) is 0.232. The molecule has 4 heteroatoms. The molecule has 0 saturated carbocycles. The van der Waals surface area contributed by atoms with E-state index in [4.69, 9.17) is 0 Å². The summed E-state index contributed by atoms with van der Waals surface area (Å²) >= 11 is 0. The maximum Gasteiger partial charge on any atom is 0.313 e. The second kappa shape index (κ2) is 5.79. The fourth-order valence-corrected chi connectivity index (χ4v) is 0.232. The van der Waals surface area contributed by atoms with Gasteiger partial charge in [0.25, 0.3) is 0 Å². The van der Waals surface area contributed by atoms with Crippen molar-refractivity contribution in [2.45, 2.75) is 20.3 Å². The number of ether oxygens (including phenoxy) is 1. The van der Waals surface area contributed by atoms with Crippen LogP contribution in [0.25, 0.3) is 0 Å². The van der Waals surface area contributed by atoms with E-state index >= 15 is 0 Å². The van der Waals surface area contributed by atoms with Crippen molar-refractivity contribution in [3.63, 3.8) is 0 Å². The average molecular weight is 171 g/mol. The van der Waals surface area contributed by atoms with Crippen LogP contribution < -0.4 is 0 Å². The van der Waals surface area contributed by atoms with E-state index in [9.17, 15) is 9.59 Å². The SMILES string of the molecule is CCC(=O)OC(C)=O.[Mn]. The van der Waals surface area contributed by atoms with Gasteiger partial charge in [0.05, 0.1) is 0 Å². The Morgan fingerprint density at radius 1 is 1.44 bits per heavy atom. The molecule has 53 valence electrons. The second-order valence-electron chi connectivity index (χ2n) is 1.32. The van der Waals surface area contributed by atoms with Crippen molar-refractivity contribution >= 4 is 11.9 Å². The van der Waals surface area contributed by atoms with Crippen LogP contribution in [0.4, 0.5) is 0 Å². The molecule has 0 amide bonds. The van der Waals surface area contributed by atoms with Crippen LogP contribution in [-0.2, 0) is 31.4 Å². The molecule has 3 nitrogen and oxygen atoms in total. The summed E-state index contributed by atoms with van der Waals surface area (Å²) in [6, 6.07) is 0. The van der Waals surface area contributed by atoms with Crippen molar-refractivity contribution in [1.82, 2.24) is 0 Å². The molecule has 0 saturated heterocycles. The molecule has 0 unspecified atom stereocenters. The molecule has 0 heterocycles. The first-order valence-electron chi connectivity index (χ1n) is 2.38. The van der Waals surface area contributed by atoms with Crippen molar-refractivity contribution in [3.8, 4) is 0 Å². The third kappa shape index (κ3) is 7.66. The summed E-state index contributed by atoms with van der Waals surface area (Å²) in [4.78, 5) is 20.1. The van der Waals surface area contributed by atoms with Gasteiger partial charge < -0.3 is 4.74 Å². The molecule has 0 N–H and O–H groups in total. The van der Waals surface area contributed by atoms with Gasteiger partial charge in [-0.3, -0.25) is 9.59 Å². The molecule has 0 aromatic carbocycles. The Labute approximate surface area is 64.2 Å². The van der Waals surface area contributed by atoms with E-state index in [1.165, 1.54) is 6.92 Å². The molecule has 0 bridgehead atoms. The molecule has 0 aliphatic rings. The smallest absolute Gasteiger partial charge is 0.313 e. The number of carbonyl (C=O) groups is 2. The Morgan fingerprint density at radius 3 is 2.00 bits per heavy atom. The quantitative estimate of drug-likeness (QED) is 0.327. The first-order valence-corrected chi connectivity index (χ1v) is 2.38. The number of carbonyl (C=O) groups excluding carboxylic acids is 2. The normalized spacial score (nSPS) is 7.33. The van der Waals surface area contributed by atoms with Gasteiger partial charge in [0.15, 0.2) is 0 Å². The van der Waals surface area contributed by atoms with Crippen LogP contribution in [-0.4, -0.2) is 11.9 Å². The predicted molar refractivity (Wildman–Crippen MR) is 27.1 cm³/mol. The molecule has 1 radical (unpaired) electrons. The van der Waals surface area contributed by atoms with Crippen LogP contribution in [0.1, 0.15) is 20.3 Å². The molecule has 0 aromatic rings. The van der Waals surface area contributed by atoms with Crippen LogP contribution in [0.5, 0.6) is 0 Å². The Hall–Kier alpha value is -0.341. The topological polar surface area (TPSA) is 43.4 Å². The first kappa shape index (κ1) is 11.5. The fraction of sp³-hybridized carbons (Fsp3) is 0.600. The van der Waals surface area contributed by atoms with Crippen LogP contribution >= 0.6 is 0 Å². The largest absolute Gasteiger partial charge is 0.393 e. The van der Waals surface area contributed by atoms with Crippen LogP contribution in [0.2, 0.25) is 0 Å². The molecular weight excluding hydrogens is 163 g/mol. The van der Waals surface area contributed by atoms with E-state index in [1.54, 1.807) is 6.92 Å². The van der Waals surface area contributed by atoms with Crippen molar-refractivity contribution in [1.29, 1.82) is 0 Å². The van der Waals surface area contributed by atoms with E-state index in [0.29, 0.717) is 0 Å². The molecule has 0 rings (SSSR count). The Bertz CT molecular complexity index is 111. The Kier molecular flexibility index (Phi) is 7.37. The first-order chi connectivity index (χ1) is 3.66. The predicted octanol–water partition coefficient (Wildman–Crippen LogP) is 0.484. The van der Waals surface area contributed by atoms with Gasteiger partial charge in [-0.25, -0.2) is 0 Å². The number of rotatable bonds is 1.